The molecule has 82 valence electrons. The van der Waals surface area contributed by atoms with Gasteiger partial charge in [-0.25, -0.2) is 4.79 Å². The summed E-state index contributed by atoms with van der Waals surface area (Å²) >= 11 is 0. The zero-order chi connectivity index (χ0) is 11.0. The monoisotopic (exact) mass is 207 g/mol. The van der Waals surface area contributed by atoms with E-state index in [9.17, 15) is 4.79 Å². The first kappa shape index (κ1) is 10.3. The van der Waals surface area contributed by atoms with Gasteiger partial charge in [0.25, 0.3) is 0 Å². The molecule has 0 saturated carbocycles. The molecule has 0 aromatic carbocycles. The number of carbonyl (C=O) groups excluding carboxylic acids is 1. The minimum atomic E-state index is -0.189. The van der Waals surface area contributed by atoms with Crippen LogP contribution in [-0.4, -0.2) is 17.6 Å². The highest BCUT2D eigenvalue weighted by Gasteiger charge is 2.25. The third-order valence-electron chi connectivity index (χ3n) is 3.40. The van der Waals surface area contributed by atoms with Gasteiger partial charge in [-0.05, 0) is 38.2 Å². The van der Waals surface area contributed by atoms with Gasteiger partial charge in [-0.1, -0.05) is 0 Å². The van der Waals surface area contributed by atoms with E-state index in [2.05, 4.69) is 4.57 Å². The third-order valence-corrected chi connectivity index (χ3v) is 3.40. The summed E-state index contributed by atoms with van der Waals surface area (Å²) in [5.41, 5.74) is 4.37. The summed E-state index contributed by atoms with van der Waals surface area (Å²) in [6, 6.07) is 0. The van der Waals surface area contributed by atoms with Crippen LogP contribution >= 0.6 is 0 Å². The molecule has 0 spiro atoms. The van der Waals surface area contributed by atoms with Crippen LogP contribution in [-0.2, 0) is 24.6 Å². The van der Waals surface area contributed by atoms with Crippen molar-refractivity contribution in [2.45, 2.75) is 32.6 Å². The van der Waals surface area contributed by atoms with Crippen molar-refractivity contribution in [3.63, 3.8) is 0 Å². The van der Waals surface area contributed by atoms with Gasteiger partial charge in [-0.2, -0.15) is 0 Å². The summed E-state index contributed by atoms with van der Waals surface area (Å²) in [5.74, 6) is -0.189. The maximum Gasteiger partial charge on any atom is 0.339 e. The molecule has 0 bridgehead atoms. The number of esters is 1. The van der Waals surface area contributed by atoms with Crippen molar-refractivity contribution < 1.29 is 9.53 Å². The Morgan fingerprint density at radius 3 is 2.67 bits per heavy atom. The number of carbonyl (C=O) groups is 1. The standard InChI is InChI=1S/C12H17NO2/c1-8-11(12(14)15-3)9-6-4-5-7-10(9)13(8)2/h4-7H2,1-3H3. The van der Waals surface area contributed by atoms with Gasteiger partial charge in [0.1, 0.15) is 0 Å². The molecule has 0 aliphatic heterocycles. The van der Waals surface area contributed by atoms with Gasteiger partial charge >= 0.3 is 5.97 Å². The summed E-state index contributed by atoms with van der Waals surface area (Å²) < 4.78 is 6.98. The van der Waals surface area contributed by atoms with Crippen molar-refractivity contribution in [1.29, 1.82) is 0 Å². The molecule has 0 fully saturated rings. The van der Waals surface area contributed by atoms with Gasteiger partial charge < -0.3 is 9.30 Å². The number of hydrogen-bond acceptors (Lipinski definition) is 2. The minimum Gasteiger partial charge on any atom is -0.465 e. The fraction of sp³-hybridized carbons (Fsp3) is 0.583. The normalized spacial score (nSPS) is 14.9. The molecule has 0 N–H and O–H groups in total. The summed E-state index contributed by atoms with van der Waals surface area (Å²) in [6.07, 6.45) is 4.51. The number of rotatable bonds is 1. The maximum atomic E-state index is 11.7. The molecule has 0 saturated heterocycles. The molecular weight excluding hydrogens is 190 g/mol. The van der Waals surface area contributed by atoms with Gasteiger partial charge in [0.2, 0.25) is 0 Å². The predicted octanol–water partition coefficient (Wildman–Crippen LogP) is 2.00. The number of ether oxygens (including phenoxy) is 1. The number of fused-ring (bicyclic) bond motifs is 1. The molecular formula is C12H17NO2. The van der Waals surface area contributed by atoms with Gasteiger partial charge in [-0.15, -0.1) is 0 Å². The van der Waals surface area contributed by atoms with E-state index in [-0.39, 0.29) is 5.97 Å². The molecule has 1 heterocycles. The van der Waals surface area contributed by atoms with Crippen LogP contribution in [0.5, 0.6) is 0 Å². The summed E-state index contributed by atoms with van der Waals surface area (Å²) in [4.78, 5) is 11.7. The Morgan fingerprint density at radius 2 is 2.00 bits per heavy atom. The first-order chi connectivity index (χ1) is 7.16. The number of hydrogen-bond donors (Lipinski definition) is 0. The van der Waals surface area contributed by atoms with Crippen molar-refractivity contribution in [2.75, 3.05) is 7.11 Å². The maximum absolute atomic E-state index is 11.7. The molecule has 15 heavy (non-hydrogen) atoms. The molecule has 0 amide bonds. The average molecular weight is 207 g/mol. The molecule has 0 atom stereocenters. The lowest BCUT2D eigenvalue weighted by molar-refractivity contribution is 0.0598. The molecule has 3 nitrogen and oxygen atoms in total. The van der Waals surface area contributed by atoms with Crippen LogP contribution in [0.3, 0.4) is 0 Å². The Bertz CT molecular complexity index is 404. The van der Waals surface area contributed by atoms with Crippen LogP contribution in [0.1, 0.15) is 40.2 Å². The Kier molecular flexibility index (Phi) is 2.55. The smallest absolute Gasteiger partial charge is 0.339 e. The van der Waals surface area contributed by atoms with E-state index in [1.54, 1.807) is 0 Å². The summed E-state index contributed by atoms with van der Waals surface area (Å²) in [5, 5.41) is 0. The fourth-order valence-electron chi connectivity index (χ4n) is 2.49. The van der Waals surface area contributed by atoms with E-state index in [1.165, 1.54) is 31.2 Å². The molecule has 1 aromatic heterocycles. The molecule has 3 heteroatoms. The second-order valence-electron chi connectivity index (χ2n) is 4.14. The fourth-order valence-corrected chi connectivity index (χ4v) is 2.49. The first-order valence-corrected chi connectivity index (χ1v) is 5.42. The van der Waals surface area contributed by atoms with Gasteiger partial charge in [0, 0.05) is 18.4 Å². The van der Waals surface area contributed by atoms with Crippen molar-refractivity contribution in [2.24, 2.45) is 7.05 Å². The van der Waals surface area contributed by atoms with E-state index in [4.69, 9.17) is 4.74 Å². The van der Waals surface area contributed by atoms with Gasteiger partial charge in [0.15, 0.2) is 0 Å². The van der Waals surface area contributed by atoms with Crippen LogP contribution in [0.2, 0.25) is 0 Å². The number of methoxy groups -OCH3 is 1. The van der Waals surface area contributed by atoms with E-state index < -0.39 is 0 Å². The minimum absolute atomic E-state index is 0.189. The molecule has 1 aliphatic rings. The number of nitrogens with zero attached hydrogens (tertiary/aromatic N) is 1. The highest BCUT2D eigenvalue weighted by atomic mass is 16.5. The van der Waals surface area contributed by atoms with Gasteiger partial charge in [0.05, 0.1) is 12.7 Å². The zero-order valence-corrected chi connectivity index (χ0v) is 9.59. The SMILES string of the molecule is COC(=O)c1c2c(n(C)c1C)CCCC2. The lowest BCUT2D eigenvalue weighted by atomic mass is 9.94. The van der Waals surface area contributed by atoms with E-state index >= 15 is 0 Å². The number of aromatic nitrogens is 1. The largest absolute Gasteiger partial charge is 0.465 e. The average Bonchev–Trinajstić information content (AvgIpc) is 2.52. The van der Waals surface area contributed by atoms with E-state index in [0.29, 0.717) is 0 Å². The van der Waals surface area contributed by atoms with Crippen LogP contribution in [0.4, 0.5) is 0 Å². The highest BCUT2D eigenvalue weighted by Crippen LogP contribution is 2.29. The summed E-state index contributed by atoms with van der Waals surface area (Å²) in [6.45, 7) is 1.99. The topological polar surface area (TPSA) is 31.2 Å². The van der Waals surface area contributed by atoms with E-state index in [1.807, 2.05) is 14.0 Å². The van der Waals surface area contributed by atoms with E-state index in [0.717, 1.165) is 24.1 Å². The quantitative estimate of drug-likeness (QED) is 0.659. The lowest BCUT2D eigenvalue weighted by Crippen LogP contribution is -2.08. The van der Waals surface area contributed by atoms with Crippen LogP contribution in [0.15, 0.2) is 0 Å². The van der Waals surface area contributed by atoms with Crippen molar-refractivity contribution in [1.82, 2.24) is 4.57 Å². The molecule has 2 rings (SSSR count). The molecule has 0 radical (unpaired) electrons. The van der Waals surface area contributed by atoms with Crippen LogP contribution in [0, 0.1) is 6.92 Å². The lowest BCUT2D eigenvalue weighted by Gasteiger charge is -2.13. The first-order valence-electron chi connectivity index (χ1n) is 5.42. The predicted molar refractivity (Wildman–Crippen MR) is 58.1 cm³/mol. The Morgan fingerprint density at radius 1 is 1.33 bits per heavy atom. The molecule has 0 unspecified atom stereocenters. The second kappa shape index (κ2) is 3.72. The van der Waals surface area contributed by atoms with Crippen molar-refractivity contribution >= 4 is 5.97 Å². The van der Waals surface area contributed by atoms with Crippen LogP contribution < -0.4 is 0 Å². The second-order valence-corrected chi connectivity index (χ2v) is 4.14. The Labute approximate surface area is 90.0 Å². The zero-order valence-electron chi connectivity index (χ0n) is 9.59. The highest BCUT2D eigenvalue weighted by molar-refractivity contribution is 5.93. The van der Waals surface area contributed by atoms with Crippen LogP contribution in [0.25, 0.3) is 0 Å². The van der Waals surface area contributed by atoms with Crippen molar-refractivity contribution in [3.8, 4) is 0 Å². The summed E-state index contributed by atoms with van der Waals surface area (Å²) in [7, 11) is 3.48. The van der Waals surface area contributed by atoms with Gasteiger partial charge in [-0.3, -0.25) is 0 Å². The molecule has 1 aromatic rings. The van der Waals surface area contributed by atoms with Crippen molar-refractivity contribution in [3.05, 3.63) is 22.5 Å². The molecule has 1 aliphatic carbocycles. The Hall–Kier alpha value is -1.25. The Balaban J connectivity index is 2.58. The third kappa shape index (κ3) is 1.46.